The van der Waals surface area contributed by atoms with Crippen molar-refractivity contribution in [3.8, 4) is 6.07 Å². The lowest BCUT2D eigenvalue weighted by Gasteiger charge is -2.01. The number of anilines is 1. The number of hydrogen-bond donors (Lipinski definition) is 1. The molecule has 5 heteroatoms. The first-order chi connectivity index (χ1) is 7.61. The Morgan fingerprint density at radius 1 is 1.25 bits per heavy atom. The average molecular weight is 215 g/mol. The van der Waals surface area contributed by atoms with Crippen LogP contribution in [0.3, 0.4) is 0 Å². The topological polar surface area (TPSA) is 93.0 Å². The van der Waals surface area contributed by atoms with Gasteiger partial charge < -0.3 is 15.2 Å². The van der Waals surface area contributed by atoms with Crippen molar-refractivity contribution in [2.24, 2.45) is 0 Å². The van der Waals surface area contributed by atoms with Crippen molar-refractivity contribution in [3.63, 3.8) is 0 Å². The summed E-state index contributed by atoms with van der Waals surface area (Å²) in [5.74, 6) is -2.01. The molecule has 0 saturated carbocycles. The highest BCUT2D eigenvalue weighted by atomic mass is 16.4. The van der Waals surface area contributed by atoms with Crippen molar-refractivity contribution in [2.75, 3.05) is 5.32 Å². The number of nitrogens with one attached hydrogen (secondary N) is 1. The lowest BCUT2D eigenvalue weighted by molar-refractivity contribution is -0.297. The fourth-order valence-electron chi connectivity index (χ4n) is 0.956. The summed E-state index contributed by atoms with van der Waals surface area (Å²) >= 11 is 0. The van der Waals surface area contributed by atoms with Crippen LogP contribution in [0.4, 0.5) is 5.69 Å². The van der Waals surface area contributed by atoms with Gasteiger partial charge in [0.15, 0.2) is 0 Å². The largest absolute Gasteiger partial charge is 0.545 e. The Labute approximate surface area is 91.6 Å². The Hall–Kier alpha value is -2.61. The van der Waals surface area contributed by atoms with E-state index in [0.717, 1.165) is 6.08 Å². The third-order valence-electron chi connectivity index (χ3n) is 1.65. The molecular formula is C11H7N2O3-. The van der Waals surface area contributed by atoms with Gasteiger partial charge in [-0.25, -0.2) is 0 Å². The maximum Gasteiger partial charge on any atom is 0.248 e. The third kappa shape index (κ3) is 3.64. The Kier molecular flexibility index (Phi) is 3.81. The van der Waals surface area contributed by atoms with Crippen LogP contribution < -0.4 is 10.4 Å². The van der Waals surface area contributed by atoms with Gasteiger partial charge in [0.25, 0.3) is 0 Å². The molecule has 1 N–H and O–H groups in total. The summed E-state index contributed by atoms with van der Waals surface area (Å²) in [4.78, 5) is 21.1. The zero-order valence-corrected chi connectivity index (χ0v) is 8.14. The molecule has 0 aliphatic heterocycles. The van der Waals surface area contributed by atoms with Crippen LogP contribution in [0, 0.1) is 11.3 Å². The van der Waals surface area contributed by atoms with E-state index in [-0.39, 0.29) is 0 Å². The maximum absolute atomic E-state index is 11.1. The predicted octanol–water partition coefficient (Wildman–Crippen LogP) is -0.197. The maximum atomic E-state index is 11.1. The molecule has 0 atom stereocenters. The molecule has 1 aromatic carbocycles. The highest BCUT2D eigenvalue weighted by Crippen LogP contribution is 2.08. The molecule has 0 spiro atoms. The van der Waals surface area contributed by atoms with Crippen LogP contribution in [0.15, 0.2) is 36.4 Å². The monoisotopic (exact) mass is 215 g/mol. The van der Waals surface area contributed by atoms with Gasteiger partial charge >= 0.3 is 0 Å². The van der Waals surface area contributed by atoms with E-state index < -0.39 is 11.9 Å². The normalized spacial score (nSPS) is 9.69. The van der Waals surface area contributed by atoms with Crippen LogP contribution in [0.5, 0.6) is 0 Å². The first-order valence-corrected chi connectivity index (χ1v) is 4.32. The molecule has 0 aliphatic carbocycles. The molecule has 1 rings (SSSR count). The van der Waals surface area contributed by atoms with Crippen LogP contribution in [0.2, 0.25) is 0 Å². The van der Waals surface area contributed by atoms with Gasteiger partial charge in [-0.3, -0.25) is 4.79 Å². The zero-order chi connectivity index (χ0) is 12.0. The first kappa shape index (κ1) is 11.5. The number of hydrogen-bond acceptors (Lipinski definition) is 4. The molecule has 1 amide bonds. The van der Waals surface area contributed by atoms with Crippen molar-refractivity contribution in [3.05, 3.63) is 42.0 Å². The molecule has 0 aromatic heterocycles. The van der Waals surface area contributed by atoms with Crippen molar-refractivity contribution < 1.29 is 14.7 Å². The van der Waals surface area contributed by atoms with Gasteiger partial charge in [0, 0.05) is 11.8 Å². The molecule has 0 fully saturated rings. The number of carboxylic acids is 1. The number of rotatable bonds is 3. The molecule has 0 saturated heterocycles. The number of amides is 1. The summed E-state index contributed by atoms with van der Waals surface area (Å²) in [6.45, 7) is 0. The van der Waals surface area contributed by atoms with E-state index in [2.05, 4.69) is 5.32 Å². The number of aliphatic carboxylic acids is 1. The van der Waals surface area contributed by atoms with Crippen LogP contribution in [0.25, 0.3) is 0 Å². The van der Waals surface area contributed by atoms with Crippen molar-refractivity contribution in [1.82, 2.24) is 0 Å². The summed E-state index contributed by atoms with van der Waals surface area (Å²) in [5, 5.41) is 21.0. The quantitative estimate of drug-likeness (QED) is 0.707. The van der Waals surface area contributed by atoms with Crippen LogP contribution in [0.1, 0.15) is 5.56 Å². The zero-order valence-electron chi connectivity index (χ0n) is 8.14. The molecule has 5 nitrogen and oxygen atoms in total. The van der Waals surface area contributed by atoms with Crippen LogP contribution >= 0.6 is 0 Å². The fourth-order valence-corrected chi connectivity index (χ4v) is 0.956. The summed E-state index contributed by atoms with van der Waals surface area (Å²) in [7, 11) is 0. The number of carbonyl (C=O) groups excluding carboxylic acids is 2. The van der Waals surface area contributed by atoms with Crippen LogP contribution in [-0.4, -0.2) is 11.9 Å². The van der Waals surface area contributed by atoms with E-state index in [1.54, 1.807) is 12.1 Å². The van der Waals surface area contributed by atoms with E-state index in [1.807, 2.05) is 6.07 Å². The Morgan fingerprint density at radius 2 is 1.88 bits per heavy atom. The number of carbonyl (C=O) groups is 2. The smallest absolute Gasteiger partial charge is 0.248 e. The van der Waals surface area contributed by atoms with Crippen molar-refractivity contribution in [1.29, 1.82) is 5.26 Å². The number of carboxylic acid groups (broad SMARTS) is 1. The number of nitriles is 1. The first-order valence-electron chi connectivity index (χ1n) is 4.32. The van der Waals surface area contributed by atoms with Gasteiger partial charge in [0.1, 0.15) is 0 Å². The van der Waals surface area contributed by atoms with E-state index >= 15 is 0 Å². The lowest BCUT2D eigenvalue weighted by atomic mass is 10.2. The Morgan fingerprint density at radius 3 is 2.38 bits per heavy atom. The van der Waals surface area contributed by atoms with Gasteiger partial charge in [-0.05, 0) is 30.3 Å². The second-order valence-electron chi connectivity index (χ2n) is 2.83. The van der Waals surface area contributed by atoms with E-state index in [1.165, 1.54) is 12.1 Å². The molecule has 80 valence electrons. The molecule has 0 aliphatic rings. The summed E-state index contributed by atoms with van der Waals surface area (Å²) < 4.78 is 0. The standard InChI is InChI=1S/C11H8N2O3/c12-7-8-1-3-9(4-2-8)13-10(14)5-6-11(15)16/h1-6H,(H,13,14)(H,15,16)/p-1. The molecule has 1 aromatic rings. The summed E-state index contributed by atoms with van der Waals surface area (Å²) in [6.07, 6.45) is 1.49. The van der Waals surface area contributed by atoms with Gasteiger partial charge in [-0.1, -0.05) is 0 Å². The molecule has 0 heterocycles. The minimum absolute atomic E-state index is 0.475. The second-order valence-corrected chi connectivity index (χ2v) is 2.83. The SMILES string of the molecule is N#Cc1ccc(NC(=O)C=CC(=O)[O-])cc1. The summed E-state index contributed by atoms with van der Waals surface area (Å²) in [6, 6.07) is 8.10. The highest BCUT2D eigenvalue weighted by molar-refractivity contribution is 6.02. The Bertz CT molecular complexity index is 469. The minimum Gasteiger partial charge on any atom is -0.545 e. The van der Waals surface area contributed by atoms with Gasteiger partial charge in [-0.2, -0.15) is 5.26 Å². The lowest BCUT2D eigenvalue weighted by Crippen LogP contribution is -2.20. The number of nitrogens with zero attached hydrogens (tertiary/aromatic N) is 1. The molecule has 16 heavy (non-hydrogen) atoms. The van der Waals surface area contributed by atoms with Crippen molar-refractivity contribution >= 4 is 17.6 Å². The highest BCUT2D eigenvalue weighted by Gasteiger charge is 1.97. The van der Waals surface area contributed by atoms with Gasteiger partial charge in [0.05, 0.1) is 17.6 Å². The van der Waals surface area contributed by atoms with Gasteiger partial charge in [0.2, 0.25) is 5.91 Å². The molecule has 0 bridgehead atoms. The third-order valence-corrected chi connectivity index (χ3v) is 1.65. The fraction of sp³-hybridized carbons (Fsp3) is 0. The number of benzene rings is 1. The predicted molar refractivity (Wildman–Crippen MR) is 53.9 cm³/mol. The van der Waals surface area contributed by atoms with Gasteiger partial charge in [-0.15, -0.1) is 0 Å². The van der Waals surface area contributed by atoms with E-state index in [0.29, 0.717) is 17.3 Å². The Balaban J connectivity index is 2.64. The van der Waals surface area contributed by atoms with Crippen molar-refractivity contribution in [2.45, 2.75) is 0 Å². The van der Waals surface area contributed by atoms with E-state index in [9.17, 15) is 14.7 Å². The minimum atomic E-state index is -1.44. The summed E-state index contributed by atoms with van der Waals surface area (Å²) in [5.41, 5.74) is 0.954. The second kappa shape index (κ2) is 5.32. The average Bonchev–Trinajstić information content (AvgIpc) is 2.27. The van der Waals surface area contributed by atoms with Crippen LogP contribution in [-0.2, 0) is 9.59 Å². The van der Waals surface area contributed by atoms with E-state index in [4.69, 9.17) is 5.26 Å². The molecular weight excluding hydrogens is 208 g/mol. The molecule has 0 unspecified atom stereocenters. The molecule has 0 radical (unpaired) electrons.